The summed E-state index contributed by atoms with van der Waals surface area (Å²) in [5, 5.41) is 11.3. The van der Waals surface area contributed by atoms with Crippen LogP contribution in [0.5, 0.6) is 11.5 Å². The minimum absolute atomic E-state index is 0.478. The molecule has 0 aliphatic carbocycles. The predicted molar refractivity (Wildman–Crippen MR) is 97.5 cm³/mol. The van der Waals surface area contributed by atoms with Gasteiger partial charge in [0.25, 0.3) is 0 Å². The van der Waals surface area contributed by atoms with Gasteiger partial charge in [0.1, 0.15) is 11.5 Å². The second kappa shape index (κ2) is 8.16. The molecule has 3 aromatic rings. The number of hydrogen-bond acceptors (Lipinski definition) is 3. The smallest absolute Gasteiger partial charge is 0.326 e. The molecule has 0 heterocycles. The lowest BCUT2D eigenvalue weighted by Gasteiger charge is -2.23. The third-order valence-electron chi connectivity index (χ3n) is 3.26. The van der Waals surface area contributed by atoms with Gasteiger partial charge in [0.2, 0.25) is 0 Å². The van der Waals surface area contributed by atoms with Gasteiger partial charge >= 0.3 is 8.38 Å². The van der Waals surface area contributed by atoms with Gasteiger partial charge in [0.15, 0.2) is 5.85 Å². The van der Waals surface area contributed by atoms with Crippen LogP contribution in [0.15, 0.2) is 84.9 Å². The molecule has 3 aromatic carbocycles. The minimum Gasteiger partial charge on any atom is -0.437 e. The average molecular weight is 359 g/mol. The van der Waals surface area contributed by atoms with Gasteiger partial charge in [-0.05, 0) is 30.3 Å². The van der Waals surface area contributed by atoms with Crippen LogP contribution in [0.3, 0.4) is 0 Å². The normalized spacial score (nSPS) is 12.0. The Kier molecular flexibility index (Phi) is 5.71. The van der Waals surface area contributed by atoms with E-state index in [9.17, 15) is 5.11 Å². The second-order valence-corrected chi connectivity index (χ2v) is 6.82. The molecule has 0 amide bonds. The van der Waals surface area contributed by atoms with Crippen molar-refractivity contribution < 1.29 is 14.2 Å². The molecule has 0 saturated carbocycles. The van der Waals surface area contributed by atoms with Gasteiger partial charge < -0.3 is 14.2 Å². The summed E-state index contributed by atoms with van der Waals surface area (Å²) in [5.74, 6) is 0.283. The third-order valence-corrected chi connectivity index (χ3v) is 5.06. The van der Waals surface area contributed by atoms with Crippen molar-refractivity contribution in [3.05, 3.63) is 95.5 Å². The fourth-order valence-electron chi connectivity index (χ4n) is 2.09. The minimum atomic E-state index is -1.70. The molecule has 0 radical (unpaired) electrons. The van der Waals surface area contributed by atoms with Crippen molar-refractivity contribution in [1.29, 1.82) is 0 Å². The quantitative estimate of drug-likeness (QED) is 0.566. The topological polar surface area (TPSA) is 38.7 Å². The molecule has 0 aromatic heterocycles. The monoisotopic (exact) mass is 358 g/mol. The molecule has 0 bridgehead atoms. The maximum atomic E-state index is 10.8. The fourth-order valence-corrected chi connectivity index (χ4v) is 3.75. The van der Waals surface area contributed by atoms with Crippen LogP contribution in [0.25, 0.3) is 0 Å². The van der Waals surface area contributed by atoms with E-state index in [-0.39, 0.29) is 0 Å². The van der Waals surface area contributed by atoms with E-state index >= 15 is 0 Å². The van der Waals surface area contributed by atoms with Gasteiger partial charge in [-0.2, -0.15) is 0 Å². The Bertz CT molecular complexity index is 726. The highest BCUT2D eigenvalue weighted by Crippen LogP contribution is 2.52. The average Bonchev–Trinajstić information content (AvgIpc) is 2.63. The number of hydrogen-bond donors (Lipinski definition) is 1. The summed E-state index contributed by atoms with van der Waals surface area (Å²) in [4.78, 5) is 0. The van der Waals surface area contributed by atoms with Crippen LogP contribution < -0.4 is 9.05 Å². The molecular formula is C19H16ClO3P. The van der Waals surface area contributed by atoms with Crippen LogP contribution in [0.4, 0.5) is 0 Å². The number of aliphatic hydroxyl groups excluding tert-OH is 1. The van der Waals surface area contributed by atoms with Crippen LogP contribution >= 0.6 is 20.0 Å². The van der Waals surface area contributed by atoms with Crippen molar-refractivity contribution >= 4 is 20.0 Å². The Balaban J connectivity index is 1.87. The van der Waals surface area contributed by atoms with E-state index in [2.05, 4.69) is 0 Å². The van der Waals surface area contributed by atoms with Crippen molar-refractivity contribution in [1.82, 2.24) is 0 Å². The first kappa shape index (κ1) is 16.8. The fraction of sp³-hybridized carbons (Fsp3) is 0.0526. The molecule has 0 saturated heterocycles. The summed E-state index contributed by atoms with van der Waals surface area (Å²) in [6.07, 6.45) is 0. The van der Waals surface area contributed by atoms with Gasteiger partial charge in [-0.25, -0.2) is 0 Å². The molecule has 0 spiro atoms. The first-order valence-electron chi connectivity index (χ1n) is 7.42. The summed E-state index contributed by atoms with van der Waals surface area (Å²) in [6.45, 7) is 0. The van der Waals surface area contributed by atoms with Gasteiger partial charge in [0.05, 0.1) is 0 Å². The number of benzene rings is 3. The van der Waals surface area contributed by atoms with E-state index in [0.29, 0.717) is 22.1 Å². The lowest BCUT2D eigenvalue weighted by molar-refractivity contribution is 0.237. The Hall–Kier alpha value is -2.06. The molecule has 5 heteroatoms. The highest BCUT2D eigenvalue weighted by Gasteiger charge is 2.29. The zero-order chi connectivity index (χ0) is 16.8. The highest BCUT2D eigenvalue weighted by molar-refractivity contribution is 7.48. The Morgan fingerprint density at radius 1 is 0.708 bits per heavy atom. The van der Waals surface area contributed by atoms with Gasteiger partial charge in [-0.1, -0.05) is 66.2 Å². The Morgan fingerprint density at radius 3 is 1.67 bits per heavy atom. The molecule has 24 heavy (non-hydrogen) atoms. The first-order chi connectivity index (χ1) is 11.7. The molecule has 1 unspecified atom stereocenters. The van der Waals surface area contributed by atoms with Gasteiger partial charge in [-0.15, -0.1) is 0 Å². The van der Waals surface area contributed by atoms with Crippen LogP contribution in [0.2, 0.25) is 5.02 Å². The van der Waals surface area contributed by atoms with Crippen molar-refractivity contribution in [2.24, 2.45) is 0 Å². The summed E-state index contributed by atoms with van der Waals surface area (Å²) >= 11 is 6.21. The largest absolute Gasteiger partial charge is 0.437 e. The number of para-hydroxylation sites is 2. The van der Waals surface area contributed by atoms with Crippen molar-refractivity contribution in [2.45, 2.75) is 5.85 Å². The second-order valence-electron chi connectivity index (χ2n) is 4.99. The Labute approximate surface area is 147 Å². The van der Waals surface area contributed by atoms with Crippen LogP contribution in [0, 0.1) is 0 Å². The zero-order valence-electron chi connectivity index (χ0n) is 12.7. The molecule has 3 nitrogen and oxygen atoms in total. The van der Waals surface area contributed by atoms with Crippen LogP contribution in [-0.2, 0) is 0 Å². The van der Waals surface area contributed by atoms with Gasteiger partial charge in [-0.3, -0.25) is 0 Å². The van der Waals surface area contributed by atoms with Crippen molar-refractivity contribution in [2.75, 3.05) is 0 Å². The van der Waals surface area contributed by atoms with Crippen LogP contribution in [0.1, 0.15) is 11.4 Å². The zero-order valence-corrected chi connectivity index (χ0v) is 14.4. The summed E-state index contributed by atoms with van der Waals surface area (Å²) in [6, 6.07) is 25.7. The maximum Gasteiger partial charge on any atom is 0.326 e. The van der Waals surface area contributed by atoms with Crippen molar-refractivity contribution in [3.8, 4) is 11.5 Å². The molecule has 1 atom stereocenters. The first-order valence-corrected chi connectivity index (χ1v) is 9.04. The molecule has 122 valence electrons. The number of rotatable bonds is 6. The molecule has 1 N–H and O–H groups in total. The molecule has 0 aliphatic rings. The summed E-state index contributed by atoms with van der Waals surface area (Å²) < 4.78 is 11.8. The van der Waals surface area contributed by atoms with E-state index in [1.54, 1.807) is 12.1 Å². The summed E-state index contributed by atoms with van der Waals surface area (Å²) in [5.41, 5.74) is 0.581. The predicted octanol–water partition coefficient (Wildman–Crippen LogP) is 5.80. The lowest BCUT2D eigenvalue weighted by atomic mass is 10.2. The number of aliphatic hydroxyl groups is 1. The molecular weight excluding hydrogens is 343 g/mol. The maximum absolute atomic E-state index is 10.8. The number of halogens is 1. The highest BCUT2D eigenvalue weighted by atomic mass is 35.5. The van der Waals surface area contributed by atoms with E-state index in [0.717, 1.165) is 0 Å². The molecule has 0 fully saturated rings. The molecule has 0 aliphatic heterocycles. The van der Waals surface area contributed by atoms with Crippen LogP contribution in [-0.4, -0.2) is 5.11 Å². The van der Waals surface area contributed by atoms with E-state index in [1.165, 1.54) is 0 Å². The summed E-state index contributed by atoms with van der Waals surface area (Å²) in [7, 11) is -1.70. The van der Waals surface area contributed by atoms with E-state index < -0.39 is 14.2 Å². The third kappa shape index (κ3) is 4.27. The van der Waals surface area contributed by atoms with Crippen molar-refractivity contribution in [3.63, 3.8) is 0 Å². The van der Waals surface area contributed by atoms with Gasteiger partial charge in [0, 0.05) is 10.6 Å². The lowest BCUT2D eigenvalue weighted by Crippen LogP contribution is -2.06. The van der Waals surface area contributed by atoms with E-state index in [1.807, 2.05) is 72.8 Å². The SMILES string of the molecule is OC(c1ccccc1Cl)P(Oc1ccccc1)Oc1ccccc1. The molecule has 3 rings (SSSR count). The standard InChI is InChI=1S/C19H16ClO3P/c20-18-14-8-7-13-17(18)19(21)24(22-15-9-3-1-4-10-15)23-16-11-5-2-6-12-16/h1-14,19,21H. The Morgan fingerprint density at radius 2 is 1.17 bits per heavy atom. The van der Waals surface area contributed by atoms with E-state index in [4.69, 9.17) is 20.6 Å².